The summed E-state index contributed by atoms with van der Waals surface area (Å²) in [6.07, 6.45) is 0.0995. The maximum Gasteiger partial charge on any atom is 0.335 e. The van der Waals surface area contributed by atoms with Crippen molar-refractivity contribution in [3.8, 4) is 0 Å². The van der Waals surface area contributed by atoms with Crippen molar-refractivity contribution in [3.63, 3.8) is 0 Å². The second kappa shape index (κ2) is 2.84. The molecule has 0 heterocycles. The minimum absolute atomic E-state index is 0.0995. The molecule has 0 bridgehead atoms. The molecule has 10 heavy (non-hydrogen) atoms. The van der Waals surface area contributed by atoms with Crippen molar-refractivity contribution in [1.82, 2.24) is 0 Å². The predicted octanol–water partition coefficient (Wildman–Crippen LogP) is 0.788. The highest BCUT2D eigenvalue weighted by Gasteiger charge is 2.29. The number of carbonyl (C=O) groups is 1. The number of aliphatic carboxylic acids is 1. The summed E-state index contributed by atoms with van der Waals surface area (Å²) in [6, 6.07) is 0. The van der Waals surface area contributed by atoms with Crippen LogP contribution in [0.15, 0.2) is 12.2 Å². The monoisotopic (exact) mass is 144 g/mol. The van der Waals surface area contributed by atoms with Gasteiger partial charge in [0.25, 0.3) is 0 Å². The van der Waals surface area contributed by atoms with Gasteiger partial charge < -0.3 is 10.2 Å². The molecule has 0 aromatic carbocycles. The van der Waals surface area contributed by atoms with Crippen molar-refractivity contribution in [1.29, 1.82) is 0 Å². The Labute approximate surface area is 60.0 Å². The lowest BCUT2D eigenvalue weighted by Gasteiger charge is -2.16. The van der Waals surface area contributed by atoms with E-state index in [0.29, 0.717) is 5.57 Å². The number of carboxylic acid groups (broad SMARTS) is 1. The molecule has 0 spiro atoms. The van der Waals surface area contributed by atoms with Gasteiger partial charge in [0.15, 0.2) is 5.60 Å². The molecule has 0 saturated heterocycles. The third-order valence-electron chi connectivity index (χ3n) is 1.11. The quantitative estimate of drug-likeness (QED) is 0.576. The zero-order valence-electron chi connectivity index (χ0n) is 6.22. The molecule has 58 valence electrons. The maximum atomic E-state index is 10.3. The van der Waals surface area contributed by atoms with E-state index < -0.39 is 11.6 Å². The zero-order chi connectivity index (χ0) is 8.36. The third-order valence-corrected chi connectivity index (χ3v) is 1.11. The Kier molecular flexibility index (Phi) is 2.60. The lowest BCUT2D eigenvalue weighted by Crippen LogP contribution is -2.34. The summed E-state index contributed by atoms with van der Waals surface area (Å²) in [5.74, 6) is -1.21. The zero-order valence-corrected chi connectivity index (χ0v) is 6.22. The van der Waals surface area contributed by atoms with Gasteiger partial charge in [-0.1, -0.05) is 5.57 Å². The van der Waals surface area contributed by atoms with E-state index in [1.165, 1.54) is 6.92 Å². The Morgan fingerprint density at radius 2 is 2.10 bits per heavy atom. The first kappa shape index (κ1) is 9.17. The highest BCUT2D eigenvalue weighted by atomic mass is 16.4. The van der Waals surface area contributed by atoms with Crippen molar-refractivity contribution in [3.05, 3.63) is 12.2 Å². The van der Waals surface area contributed by atoms with E-state index in [4.69, 9.17) is 10.2 Å². The topological polar surface area (TPSA) is 57.5 Å². The molecule has 3 heteroatoms. The van der Waals surface area contributed by atoms with Crippen molar-refractivity contribution in [2.45, 2.75) is 25.9 Å². The largest absolute Gasteiger partial charge is 0.479 e. The second-order valence-corrected chi connectivity index (χ2v) is 2.71. The lowest BCUT2D eigenvalue weighted by atomic mass is 9.99. The van der Waals surface area contributed by atoms with E-state index in [-0.39, 0.29) is 6.42 Å². The SMILES string of the molecule is C=C(C)CC(C)(O)C(=O)O. The molecular formula is C7H12O3. The highest BCUT2D eigenvalue weighted by Crippen LogP contribution is 2.14. The molecule has 0 radical (unpaired) electrons. The van der Waals surface area contributed by atoms with Gasteiger partial charge in [0.05, 0.1) is 0 Å². The average Bonchev–Trinajstić information content (AvgIpc) is 1.60. The summed E-state index contributed by atoms with van der Waals surface area (Å²) >= 11 is 0. The Morgan fingerprint density at radius 1 is 1.70 bits per heavy atom. The van der Waals surface area contributed by atoms with Crippen molar-refractivity contribution >= 4 is 5.97 Å². The minimum Gasteiger partial charge on any atom is -0.479 e. The fourth-order valence-corrected chi connectivity index (χ4v) is 0.663. The van der Waals surface area contributed by atoms with E-state index >= 15 is 0 Å². The van der Waals surface area contributed by atoms with Crippen molar-refractivity contribution < 1.29 is 15.0 Å². The first-order valence-electron chi connectivity index (χ1n) is 2.96. The molecule has 3 nitrogen and oxygen atoms in total. The predicted molar refractivity (Wildman–Crippen MR) is 37.7 cm³/mol. The molecule has 0 aliphatic rings. The van der Waals surface area contributed by atoms with Gasteiger partial charge in [-0.25, -0.2) is 4.79 Å². The summed E-state index contributed by atoms with van der Waals surface area (Å²) in [5.41, 5.74) is -1.00. The average molecular weight is 144 g/mol. The molecular weight excluding hydrogens is 132 g/mol. The summed E-state index contributed by atoms with van der Waals surface area (Å²) in [4.78, 5) is 10.3. The first-order valence-corrected chi connectivity index (χ1v) is 2.96. The second-order valence-electron chi connectivity index (χ2n) is 2.71. The maximum absolute atomic E-state index is 10.3. The van der Waals surface area contributed by atoms with Gasteiger partial charge in [-0.15, -0.1) is 6.58 Å². The molecule has 0 saturated carbocycles. The summed E-state index contributed by atoms with van der Waals surface area (Å²) in [5, 5.41) is 17.5. The number of carboxylic acids is 1. The van der Waals surface area contributed by atoms with Crippen LogP contribution in [0.4, 0.5) is 0 Å². The number of hydrogen-bond acceptors (Lipinski definition) is 2. The number of rotatable bonds is 3. The molecule has 0 aliphatic carbocycles. The van der Waals surface area contributed by atoms with Crippen LogP contribution >= 0.6 is 0 Å². The minimum atomic E-state index is -1.66. The van der Waals surface area contributed by atoms with Gasteiger partial charge in [-0.3, -0.25) is 0 Å². The summed E-state index contributed by atoms with van der Waals surface area (Å²) in [6.45, 7) is 6.43. The molecule has 0 amide bonds. The molecule has 0 aromatic rings. The fraction of sp³-hybridized carbons (Fsp3) is 0.571. The Morgan fingerprint density at radius 3 is 2.20 bits per heavy atom. The summed E-state index contributed by atoms with van der Waals surface area (Å²) < 4.78 is 0. The van der Waals surface area contributed by atoms with Crippen LogP contribution in [-0.4, -0.2) is 21.8 Å². The molecule has 0 aliphatic heterocycles. The Hall–Kier alpha value is -0.830. The van der Waals surface area contributed by atoms with Crippen LogP contribution in [0.25, 0.3) is 0 Å². The molecule has 0 aromatic heterocycles. The Bertz CT molecular complexity index is 158. The molecule has 1 unspecified atom stereocenters. The molecule has 0 rings (SSSR count). The van der Waals surface area contributed by atoms with Gasteiger partial charge in [0.1, 0.15) is 0 Å². The van der Waals surface area contributed by atoms with E-state index in [1.54, 1.807) is 6.92 Å². The van der Waals surface area contributed by atoms with Gasteiger partial charge in [-0.2, -0.15) is 0 Å². The smallest absolute Gasteiger partial charge is 0.335 e. The van der Waals surface area contributed by atoms with Gasteiger partial charge in [-0.05, 0) is 13.8 Å². The lowest BCUT2D eigenvalue weighted by molar-refractivity contribution is -0.156. The van der Waals surface area contributed by atoms with Crippen LogP contribution in [-0.2, 0) is 4.79 Å². The third kappa shape index (κ3) is 2.64. The van der Waals surface area contributed by atoms with E-state index in [2.05, 4.69) is 6.58 Å². The Balaban J connectivity index is 4.13. The van der Waals surface area contributed by atoms with E-state index in [9.17, 15) is 4.79 Å². The summed E-state index contributed by atoms with van der Waals surface area (Å²) in [7, 11) is 0. The number of hydrogen-bond donors (Lipinski definition) is 2. The van der Waals surface area contributed by atoms with E-state index in [1.807, 2.05) is 0 Å². The molecule has 1 atom stereocenters. The van der Waals surface area contributed by atoms with Crippen LogP contribution in [0.5, 0.6) is 0 Å². The number of aliphatic hydroxyl groups is 1. The van der Waals surface area contributed by atoms with Crippen molar-refractivity contribution in [2.24, 2.45) is 0 Å². The van der Waals surface area contributed by atoms with Crippen LogP contribution in [0.3, 0.4) is 0 Å². The van der Waals surface area contributed by atoms with Crippen LogP contribution < -0.4 is 0 Å². The van der Waals surface area contributed by atoms with Gasteiger partial charge in [0.2, 0.25) is 0 Å². The fourth-order valence-electron chi connectivity index (χ4n) is 0.663. The van der Waals surface area contributed by atoms with Gasteiger partial charge in [0, 0.05) is 6.42 Å². The first-order chi connectivity index (χ1) is 4.36. The normalized spacial score (nSPS) is 15.9. The highest BCUT2D eigenvalue weighted by molar-refractivity contribution is 5.76. The standard InChI is InChI=1S/C7H12O3/c1-5(2)4-7(3,10)6(8)9/h10H,1,4H2,2-3H3,(H,8,9). The van der Waals surface area contributed by atoms with E-state index in [0.717, 1.165) is 0 Å². The molecule has 0 fully saturated rings. The van der Waals surface area contributed by atoms with Crippen molar-refractivity contribution in [2.75, 3.05) is 0 Å². The van der Waals surface area contributed by atoms with Crippen LogP contribution in [0.1, 0.15) is 20.3 Å². The molecule has 2 N–H and O–H groups in total. The van der Waals surface area contributed by atoms with Gasteiger partial charge >= 0.3 is 5.97 Å². The van der Waals surface area contributed by atoms with Crippen LogP contribution in [0.2, 0.25) is 0 Å². The van der Waals surface area contributed by atoms with Crippen LogP contribution in [0, 0.1) is 0 Å².